The second-order valence-electron chi connectivity index (χ2n) is 30.0. The molecule has 0 N–H and O–H groups in total. The van der Waals surface area contributed by atoms with Gasteiger partial charge in [-0.25, -0.2) is 0 Å². The zero-order valence-electron chi connectivity index (χ0n) is 54.7. The number of hydrogen-bond donors (Lipinski definition) is 0. The van der Waals surface area contributed by atoms with Crippen LogP contribution in [0, 0.1) is 47.3 Å². The first-order chi connectivity index (χ1) is 38.8. The van der Waals surface area contributed by atoms with E-state index in [1.54, 1.807) is 0 Å². The number of rotatable bonds is 32. The van der Waals surface area contributed by atoms with E-state index in [0.29, 0.717) is 23.7 Å². The Morgan fingerprint density at radius 2 is 0.768 bits per heavy atom. The minimum atomic E-state index is -0.389. The van der Waals surface area contributed by atoms with Crippen LogP contribution >= 0.6 is 57.1 Å². The molecule has 9 heteroatoms. The molecule has 0 radical (unpaired) electrons. The molecule has 0 saturated heterocycles. The van der Waals surface area contributed by atoms with Crippen molar-refractivity contribution in [2.75, 3.05) is 0 Å². The minimum Gasteiger partial charge on any atom is -0.481 e. The van der Waals surface area contributed by atoms with Crippen LogP contribution in [0.25, 0.3) is 51.4 Å². The standard InChI is InChI=1S/C73H110N2O2S5/c1-19-71(17,18)63-45-59-69(81-63)67-57(73(77-59,40-36-52(12)30-22-26-48(6)7)41-37-53(13)31-23-27-49(8)9)43-61(79-67)55-33-32-54(64-65(55)75-82-74-64)60-42-56-66(78-60)68-58(44-62(80-68)70(14,15)16)76-72(56,38-34-50(10)28-20-24-46(2)3)39-35-51(11)29-21-25-47(4)5/h32-33,42-53H,19-31,34-41H2,1-18H3. The molecule has 2 aliphatic heterocycles. The maximum atomic E-state index is 7.75. The largest absolute Gasteiger partial charge is 0.481 e. The van der Waals surface area contributed by atoms with Gasteiger partial charge in [0, 0.05) is 41.8 Å². The summed E-state index contributed by atoms with van der Waals surface area (Å²) in [5.74, 6) is 7.80. The highest BCUT2D eigenvalue weighted by molar-refractivity contribution is 7.25. The topological polar surface area (TPSA) is 44.2 Å². The van der Waals surface area contributed by atoms with E-state index in [-0.39, 0.29) is 22.0 Å². The van der Waals surface area contributed by atoms with E-state index in [2.05, 4.69) is 161 Å². The van der Waals surface area contributed by atoms with Gasteiger partial charge >= 0.3 is 0 Å². The van der Waals surface area contributed by atoms with Crippen molar-refractivity contribution < 1.29 is 9.47 Å². The van der Waals surface area contributed by atoms with Crippen molar-refractivity contribution in [3.05, 3.63) is 57.3 Å². The Kier molecular flexibility index (Phi) is 22.4. The summed E-state index contributed by atoms with van der Waals surface area (Å²) in [5.41, 5.74) is 6.59. The maximum absolute atomic E-state index is 7.75. The van der Waals surface area contributed by atoms with Crippen LogP contribution < -0.4 is 9.47 Å². The third-order valence-corrected chi connectivity index (χ3v) is 25.4. The van der Waals surface area contributed by atoms with E-state index in [1.165, 1.54) is 176 Å². The molecule has 82 heavy (non-hydrogen) atoms. The van der Waals surface area contributed by atoms with Crippen molar-refractivity contribution >= 4 is 68.1 Å². The van der Waals surface area contributed by atoms with E-state index in [9.17, 15) is 0 Å². The zero-order chi connectivity index (χ0) is 59.3. The van der Waals surface area contributed by atoms with E-state index in [4.69, 9.17) is 18.2 Å². The highest BCUT2D eigenvalue weighted by Gasteiger charge is 2.46. The summed E-state index contributed by atoms with van der Waals surface area (Å²) >= 11 is 9.28. The number of thiophene rings is 4. The Bertz CT molecular complexity index is 2920. The lowest BCUT2D eigenvalue weighted by molar-refractivity contribution is 0.0321. The lowest BCUT2D eigenvalue weighted by Crippen LogP contribution is -2.36. The second-order valence-corrected chi connectivity index (χ2v) is 34.7. The molecule has 5 aromatic heterocycles. The van der Waals surface area contributed by atoms with Gasteiger partial charge in [-0.2, -0.15) is 8.75 Å². The molecule has 4 unspecified atom stereocenters. The number of benzene rings is 1. The first kappa shape index (κ1) is 65.4. The van der Waals surface area contributed by atoms with Crippen LogP contribution in [0.4, 0.5) is 0 Å². The van der Waals surface area contributed by atoms with Gasteiger partial charge < -0.3 is 9.47 Å². The average molecular weight is 1210 g/mol. The Hall–Kier alpha value is -2.56. The molecule has 2 aliphatic rings. The summed E-state index contributed by atoms with van der Waals surface area (Å²) in [7, 11) is 0. The van der Waals surface area contributed by atoms with Crippen molar-refractivity contribution in [3.8, 4) is 51.9 Å². The molecule has 0 saturated carbocycles. The van der Waals surface area contributed by atoms with Crippen LogP contribution in [0.5, 0.6) is 11.5 Å². The molecule has 8 rings (SSSR count). The summed E-state index contributed by atoms with van der Waals surface area (Å²) in [6.07, 6.45) is 25.5. The van der Waals surface area contributed by atoms with Crippen molar-refractivity contribution in [2.45, 2.75) is 281 Å². The van der Waals surface area contributed by atoms with Crippen LogP contribution in [0.2, 0.25) is 0 Å². The van der Waals surface area contributed by atoms with Gasteiger partial charge in [0.25, 0.3) is 0 Å². The molecule has 0 fully saturated rings. The normalized spacial score (nSPS) is 18.7. The van der Waals surface area contributed by atoms with Crippen LogP contribution in [-0.4, -0.2) is 8.75 Å². The third kappa shape index (κ3) is 15.8. The predicted octanol–water partition coefficient (Wildman–Crippen LogP) is 25.7. The minimum absolute atomic E-state index is 0.0296. The molecule has 0 spiro atoms. The maximum Gasteiger partial charge on any atom is 0.140 e. The zero-order valence-corrected chi connectivity index (χ0v) is 58.8. The molecule has 0 bridgehead atoms. The monoisotopic (exact) mass is 1210 g/mol. The van der Waals surface area contributed by atoms with Gasteiger partial charge in [0.2, 0.25) is 0 Å². The van der Waals surface area contributed by atoms with E-state index < -0.39 is 0 Å². The van der Waals surface area contributed by atoms with Crippen molar-refractivity contribution in [2.24, 2.45) is 47.3 Å². The van der Waals surface area contributed by atoms with Crippen LogP contribution in [0.3, 0.4) is 0 Å². The lowest BCUT2D eigenvalue weighted by atomic mass is 9.78. The van der Waals surface area contributed by atoms with Crippen molar-refractivity contribution in [1.82, 2.24) is 8.75 Å². The van der Waals surface area contributed by atoms with Crippen molar-refractivity contribution in [1.29, 1.82) is 0 Å². The van der Waals surface area contributed by atoms with Gasteiger partial charge in [-0.1, -0.05) is 214 Å². The first-order valence-electron chi connectivity index (χ1n) is 33.0. The lowest BCUT2D eigenvalue weighted by Gasteiger charge is -2.39. The molecule has 4 atom stereocenters. The molecule has 0 amide bonds. The summed E-state index contributed by atoms with van der Waals surface area (Å²) in [6, 6.07) is 14.8. The predicted molar refractivity (Wildman–Crippen MR) is 366 cm³/mol. The fourth-order valence-corrected chi connectivity index (χ4v) is 18.8. The molecule has 454 valence electrons. The van der Waals surface area contributed by atoms with E-state index in [0.717, 1.165) is 78.3 Å². The third-order valence-electron chi connectivity index (χ3n) is 19.2. The summed E-state index contributed by atoms with van der Waals surface area (Å²) < 4.78 is 26.0. The SMILES string of the molecule is CCC(C)(C)c1cc2c(s1)-c1sc(-c3ccc(-c4cc5c(s4)-c4sc(C(C)(C)C)cc4OC5(CCC(C)CCCC(C)C)CCC(C)CCCC(C)C)c4nsnc34)cc1C(CCC(C)CCCC(C)C)(CCC(C)CCCC(C)C)O2. The summed E-state index contributed by atoms with van der Waals surface area (Å²) in [6.45, 7) is 43.2. The van der Waals surface area contributed by atoms with Gasteiger partial charge in [-0.05, 0) is 140 Å². The smallest absolute Gasteiger partial charge is 0.140 e. The van der Waals surface area contributed by atoms with E-state index >= 15 is 0 Å². The van der Waals surface area contributed by atoms with Gasteiger partial charge in [0.1, 0.15) is 33.7 Å². The number of aromatic nitrogens is 2. The fraction of sp³-hybridized carbons (Fsp3) is 0.699. The molecule has 0 aliphatic carbocycles. The van der Waals surface area contributed by atoms with Crippen LogP contribution in [0.1, 0.15) is 280 Å². The van der Waals surface area contributed by atoms with Crippen molar-refractivity contribution in [3.63, 3.8) is 0 Å². The summed E-state index contributed by atoms with van der Waals surface area (Å²) in [5, 5.41) is 0. The number of hydrogen-bond acceptors (Lipinski definition) is 9. The van der Waals surface area contributed by atoms with Gasteiger partial charge in [-0.3, -0.25) is 0 Å². The summed E-state index contributed by atoms with van der Waals surface area (Å²) in [4.78, 5) is 10.9. The Morgan fingerprint density at radius 1 is 0.427 bits per heavy atom. The molecular formula is C73H110N2O2S5. The molecule has 4 nitrogen and oxygen atoms in total. The van der Waals surface area contributed by atoms with Crippen LogP contribution in [-0.2, 0) is 22.0 Å². The molecule has 7 heterocycles. The number of nitrogens with zero attached hydrogens (tertiary/aromatic N) is 2. The molecule has 1 aromatic carbocycles. The first-order valence-corrected chi connectivity index (χ1v) is 37.0. The molecule has 6 aromatic rings. The highest BCUT2D eigenvalue weighted by Crippen LogP contribution is 2.61. The second kappa shape index (κ2) is 28.1. The Labute approximate surface area is 520 Å². The average Bonchev–Trinajstić information content (AvgIpc) is 1.92. The fourth-order valence-electron chi connectivity index (χ4n) is 12.9. The number of fused-ring (bicyclic) bond motifs is 7. The highest BCUT2D eigenvalue weighted by atomic mass is 32.1. The quantitative estimate of drug-likeness (QED) is 0.0422. The Morgan fingerprint density at radius 3 is 1.10 bits per heavy atom. The van der Waals surface area contributed by atoms with Gasteiger partial charge in [-0.15, -0.1) is 45.3 Å². The Balaban J connectivity index is 1.22. The molecular weight excluding hydrogens is 1100 g/mol. The number of ether oxygens (including phenoxy) is 2. The van der Waals surface area contributed by atoms with Gasteiger partial charge in [0.05, 0.1) is 31.2 Å². The van der Waals surface area contributed by atoms with Crippen LogP contribution in [0.15, 0.2) is 36.4 Å². The van der Waals surface area contributed by atoms with Gasteiger partial charge in [0.15, 0.2) is 0 Å². The van der Waals surface area contributed by atoms with E-state index in [1.807, 2.05) is 45.3 Å².